The Kier molecular flexibility index (Phi) is 19.9. The van der Waals surface area contributed by atoms with Crippen LogP contribution in [0.15, 0.2) is 24.3 Å². The second-order valence-corrected chi connectivity index (χ2v) is 6.83. The van der Waals surface area contributed by atoms with Gasteiger partial charge in [-0.25, -0.2) is 9.59 Å². The largest absolute Gasteiger partial charge is 0.462 e. The monoisotopic (exact) mass is 440 g/mol. The lowest BCUT2D eigenvalue weighted by molar-refractivity contribution is 0.0452. The number of methoxy groups -OCH3 is 2. The lowest BCUT2D eigenvalue weighted by Crippen LogP contribution is -2.14. The number of carbonyl (C=O) groups is 2. The number of rotatable bonds is 11. The van der Waals surface area contributed by atoms with Crippen molar-refractivity contribution < 1.29 is 33.3 Å². The van der Waals surface area contributed by atoms with E-state index >= 15 is 0 Å². The fourth-order valence-electron chi connectivity index (χ4n) is 2.29. The smallest absolute Gasteiger partial charge is 0.339 e. The summed E-state index contributed by atoms with van der Waals surface area (Å²) in [5.41, 5.74) is 0.537. The Labute approximate surface area is 187 Å². The fourth-order valence-corrected chi connectivity index (χ4v) is 2.29. The third kappa shape index (κ3) is 15.5. The highest BCUT2D eigenvalue weighted by molar-refractivity contribution is 6.03. The van der Waals surface area contributed by atoms with Crippen molar-refractivity contribution in [1.82, 2.24) is 0 Å². The van der Waals surface area contributed by atoms with Crippen molar-refractivity contribution in [2.75, 3.05) is 53.9 Å². The topological polar surface area (TPSA) is 80.3 Å². The zero-order valence-corrected chi connectivity index (χ0v) is 19.7. The Bertz CT molecular complexity index is 518. The van der Waals surface area contributed by atoms with Crippen LogP contribution in [-0.4, -0.2) is 65.8 Å². The van der Waals surface area contributed by atoms with E-state index in [4.69, 9.17) is 14.2 Å². The molecule has 0 amide bonds. The Morgan fingerprint density at radius 2 is 1.19 bits per heavy atom. The summed E-state index contributed by atoms with van der Waals surface area (Å²) in [6, 6.07) is 6.59. The summed E-state index contributed by atoms with van der Waals surface area (Å²) in [6.07, 6.45) is 6.09. The number of hydrogen-bond acceptors (Lipinski definition) is 7. The Morgan fingerprint density at radius 1 is 0.774 bits per heavy atom. The highest BCUT2D eigenvalue weighted by atomic mass is 16.5. The zero-order chi connectivity index (χ0) is 23.2. The van der Waals surface area contributed by atoms with E-state index in [-0.39, 0.29) is 11.1 Å². The molecule has 1 saturated heterocycles. The number of carbonyl (C=O) groups excluding carboxylic acids is 2. The number of esters is 2. The molecular formula is C24H40O7. The fraction of sp³-hybridized carbons (Fsp3) is 0.667. The normalized spacial score (nSPS) is 12.1. The van der Waals surface area contributed by atoms with Crippen molar-refractivity contribution >= 4 is 11.9 Å². The van der Waals surface area contributed by atoms with Crippen LogP contribution in [0, 0.1) is 0 Å². The number of ether oxygens (including phenoxy) is 5. The predicted molar refractivity (Wildman–Crippen MR) is 121 cm³/mol. The van der Waals surface area contributed by atoms with Crippen LogP contribution < -0.4 is 0 Å². The summed E-state index contributed by atoms with van der Waals surface area (Å²) < 4.78 is 24.5. The minimum atomic E-state index is -0.471. The molecule has 0 aliphatic carbocycles. The van der Waals surface area contributed by atoms with E-state index in [0.717, 1.165) is 38.9 Å². The van der Waals surface area contributed by atoms with Crippen molar-refractivity contribution in [2.24, 2.45) is 0 Å². The number of unbranched alkanes of at least 4 members (excludes halogenated alkanes) is 2. The van der Waals surface area contributed by atoms with E-state index in [2.05, 4.69) is 9.47 Å². The van der Waals surface area contributed by atoms with Gasteiger partial charge in [-0.2, -0.15) is 0 Å². The molecule has 0 spiro atoms. The molecule has 1 fully saturated rings. The van der Waals surface area contributed by atoms with Gasteiger partial charge < -0.3 is 23.7 Å². The summed E-state index contributed by atoms with van der Waals surface area (Å²) in [5, 5.41) is 0. The SMILES string of the molecule is C1CCOC1.CCCCOC(=O)c1ccccc1C(=O)OCCCC.COCCOC. The first-order valence-electron chi connectivity index (χ1n) is 11.1. The van der Waals surface area contributed by atoms with Gasteiger partial charge in [0.15, 0.2) is 0 Å². The van der Waals surface area contributed by atoms with Crippen LogP contribution in [-0.2, 0) is 23.7 Å². The molecule has 0 atom stereocenters. The molecule has 2 rings (SSSR count). The number of hydrogen-bond donors (Lipinski definition) is 0. The van der Waals surface area contributed by atoms with Crippen LogP contribution in [0.1, 0.15) is 73.1 Å². The molecule has 0 saturated carbocycles. The van der Waals surface area contributed by atoms with Gasteiger partial charge in [-0.1, -0.05) is 38.8 Å². The Hall–Kier alpha value is -1.96. The highest BCUT2D eigenvalue weighted by Gasteiger charge is 2.18. The third-order valence-electron chi connectivity index (χ3n) is 4.15. The first kappa shape index (κ1) is 29.0. The molecule has 1 aromatic rings. The van der Waals surface area contributed by atoms with E-state index in [1.807, 2.05) is 13.8 Å². The van der Waals surface area contributed by atoms with Gasteiger partial charge >= 0.3 is 11.9 Å². The summed E-state index contributed by atoms with van der Waals surface area (Å²) >= 11 is 0. The average molecular weight is 441 g/mol. The van der Waals surface area contributed by atoms with E-state index in [9.17, 15) is 9.59 Å². The van der Waals surface area contributed by atoms with Crippen LogP contribution in [0.2, 0.25) is 0 Å². The molecule has 0 unspecified atom stereocenters. The van der Waals surface area contributed by atoms with Crippen molar-refractivity contribution in [2.45, 2.75) is 52.4 Å². The van der Waals surface area contributed by atoms with Crippen LogP contribution in [0.3, 0.4) is 0 Å². The molecule has 1 aromatic carbocycles. The lowest BCUT2D eigenvalue weighted by Gasteiger charge is -2.09. The minimum Gasteiger partial charge on any atom is -0.462 e. The zero-order valence-electron chi connectivity index (χ0n) is 19.7. The molecule has 0 bridgehead atoms. The maximum absolute atomic E-state index is 11.9. The van der Waals surface area contributed by atoms with Crippen molar-refractivity contribution in [3.8, 4) is 0 Å². The first-order valence-corrected chi connectivity index (χ1v) is 11.1. The van der Waals surface area contributed by atoms with E-state index < -0.39 is 11.9 Å². The van der Waals surface area contributed by atoms with Gasteiger partial charge in [-0.3, -0.25) is 0 Å². The molecule has 0 N–H and O–H groups in total. The molecule has 1 heterocycles. The average Bonchev–Trinajstić information content (AvgIpc) is 3.38. The summed E-state index contributed by atoms with van der Waals surface area (Å²) in [4.78, 5) is 23.9. The van der Waals surface area contributed by atoms with Gasteiger partial charge in [-0.05, 0) is 37.8 Å². The summed E-state index contributed by atoms with van der Waals surface area (Å²) in [7, 11) is 3.30. The molecule has 1 aliphatic rings. The summed E-state index contributed by atoms with van der Waals surface area (Å²) in [6.45, 7) is 8.16. The highest BCUT2D eigenvalue weighted by Crippen LogP contribution is 2.12. The van der Waals surface area contributed by atoms with Gasteiger partial charge in [0.05, 0.1) is 37.6 Å². The number of benzene rings is 1. The lowest BCUT2D eigenvalue weighted by atomic mass is 10.1. The van der Waals surface area contributed by atoms with Crippen LogP contribution in [0.5, 0.6) is 0 Å². The summed E-state index contributed by atoms with van der Waals surface area (Å²) in [5.74, 6) is -0.942. The molecule has 1 aliphatic heterocycles. The molecule has 7 nitrogen and oxygen atoms in total. The molecule has 7 heteroatoms. The van der Waals surface area contributed by atoms with Crippen LogP contribution in [0.4, 0.5) is 0 Å². The van der Waals surface area contributed by atoms with Crippen LogP contribution in [0.25, 0.3) is 0 Å². The van der Waals surface area contributed by atoms with Crippen LogP contribution >= 0.6 is 0 Å². The second kappa shape index (κ2) is 21.3. The molecule has 0 radical (unpaired) electrons. The molecule has 31 heavy (non-hydrogen) atoms. The Morgan fingerprint density at radius 3 is 1.48 bits per heavy atom. The first-order chi connectivity index (χ1) is 15.1. The van der Waals surface area contributed by atoms with E-state index in [0.29, 0.717) is 26.4 Å². The van der Waals surface area contributed by atoms with Crippen molar-refractivity contribution in [1.29, 1.82) is 0 Å². The standard InChI is InChI=1S/C16H22O4.C4H10O2.C4H8O/c1-3-5-11-19-15(17)13-9-7-8-10-14(13)16(18)20-12-6-4-2;1-5-3-4-6-2;1-2-4-5-3-1/h7-10H,3-6,11-12H2,1-2H3;3-4H2,1-2H3;1-4H2. The van der Waals surface area contributed by atoms with Gasteiger partial charge in [0.25, 0.3) is 0 Å². The molecule has 178 valence electrons. The third-order valence-corrected chi connectivity index (χ3v) is 4.15. The minimum absolute atomic E-state index is 0.269. The second-order valence-electron chi connectivity index (χ2n) is 6.83. The maximum Gasteiger partial charge on any atom is 0.339 e. The van der Waals surface area contributed by atoms with Crippen molar-refractivity contribution in [3.63, 3.8) is 0 Å². The van der Waals surface area contributed by atoms with Gasteiger partial charge in [0, 0.05) is 27.4 Å². The quantitative estimate of drug-likeness (QED) is 0.365. The van der Waals surface area contributed by atoms with Crippen molar-refractivity contribution in [3.05, 3.63) is 35.4 Å². The predicted octanol–water partition coefficient (Wildman–Crippen LogP) is 4.68. The molecular weight excluding hydrogens is 400 g/mol. The van der Waals surface area contributed by atoms with Gasteiger partial charge in [0.1, 0.15) is 0 Å². The molecule has 0 aromatic heterocycles. The Balaban J connectivity index is 0.000000663. The van der Waals surface area contributed by atoms with E-state index in [1.54, 1.807) is 38.5 Å². The van der Waals surface area contributed by atoms with E-state index in [1.165, 1.54) is 12.8 Å². The van der Waals surface area contributed by atoms with Gasteiger partial charge in [-0.15, -0.1) is 0 Å². The van der Waals surface area contributed by atoms with Gasteiger partial charge in [0.2, 0.25) is 0 Å². The maximum atomic E-state index is 11.9.